The van der Waals surface area contributed by atoms with Crippen molar-refractivity contribution in [1.82, 2.24) is 0 Å². The maximum atomic E-state index is 10.9. The van der Waals surface area contributed by atoms with Gasteiger partial charge in [-0.2, -0.15) is 0 Å². The fraction of sp³-hybridized carbons (Fsp3) is 0.333. The highest BCUT2D eigenvalue weighted by Crippen LogP contribution is 2.41. The van der Waals surface area contributed by atoms with Crippen LogP contribution in [0.1, 0.15) is 16.7 Å². The van der Waals surface area contributed by atoms with Gasteiger partial charge in [-0.3, -0.25) is 30.3 Å². The van der Waals surface area contributed by atoms with Gasteiger partial charge in [0, 0.05) is 11.1 Å². The van der Waals surface area contributed by atoms with Gasteiger partial charge in [-0.1, -0.05) is 0 Å². The normalized spacial score (nSPS) is 10.2. The highest BCUT2D eigenvalue weighted by molar-refractivity contribution is 5.72. The van der Waals surface area contributed by atoms with Crippen LogP contribution in [-0.4, -0.2) is 14.8 Å². The number of hydrogen-bond donors (Lipinski definition) is 0. The molecule has 0 fully saturated rings. The third-order valence-electron chi connectivity index (χ3n) is 2.76. The second-order valence-corrected chi connectivity index (χ2v) is 3.69. The summed E-state index contributed by atoms with van der Waals surface area (Å²) in [6.07, 6.45) is 0. The van der Waals surface area contributed by atoms with E-state index in [-0.39, 0.29) is 16.7 Å². The maximum absolute atomic E-state index is 10.9. The Morgan fingerprint density at radius 3 is 1.22 bits per heavy atom. The summed E-state index contributed by atoms with van der Waals surface area (Å²) in [6.45, 7) is 3.72. The van der Waals surface area contributed by atoms with E-state index >= 15 is 0 Å². The molecule has 0 N–H and O–H groups in total. The monoisotopic (exact) mass is 255 g/mol. The van der Waals surface area contributed by atoms with Crippen LogP contribution in [0.3, 0.4) is 0 Å². The first-order valence-corrected chi connectivity index (χ1v) is 4.77. The van der Waals surface area contributed by atoms with E-state index in [1.807, 2.05) is 0 Å². The maximum Gasteiger partial charge on any atom is 0.356 e. The first-order valence-electron chi connectivity index (χ1n) is 4.77. The Bertz CT molecular complexity index is 580. The highest BCUT2D eigenvalue weighted by atomic mass is 16.6. The van der Waals surface area contributed by atoms with Crippen LogP contribution < -0.4 is 0 Å². The number of nitro groups is 3. The van der Waals surface area contributed by atoms with Crippen molar-refractivity contribution in [3.05, 3.63) is 47.0 Å². The lowest BCUT2D eigenvalue weighted by atomic mass is 9.99. The first-order chi connectivity index (χ1) is 8.20. The van der Waals surface area contributed by atoms with E-state index in [1.165, 1.54) is 13.8 Å². The van der Waals surface area contributed by atoms with Crippen molar-refractivity contribution in [2.75, 3.05) is 0 Å². The molecule has 9 nitrogen and oxygen atoms in total. The van der Waals surface area contributed by atoms with E-state index in [4.69, 9.17) is 0 Å². The Balaban J connectivity index is 3.94. The zero-order chi connectivity index (χ0) is 14.2. The van der Waals surface area contributed by atoms with Crippen molar-refractivity contribution in [2.24, 2.45) is 0 Å². The van der Waals surface area contributed by atoms with Crippen molar-refractivity contribution in [3.8, 4) is 0 Å². The topological polar surface area (TPSA) is 129 Å². The Morgan fingerprint density at radius 2 is 0.889 bits per heavy atom. The molecule has 0 spiro atoms. The zero-order valence-electron chi connectivity index (χ0n) is 9.79. The van der Waals surface area contributed by atoms with Gasteiger partial charge in [-0.15, -0.1) is 0 Å². The van der Waals surface area contributed by atoms with E-state index in [0.717, 1.165) is 6.92 Å². The molecule has 96 valence electrons. The molecule has 0 aromatic heterocycles. The second kappa shape index (κ2) is 4.35. The van der Waals surface area contributed by atoms with Crippen molar-refractivity contribution in [3.63, 3.8) is 0 Å². The smallest absolute Gasteiger partial charge is 0.258 e. The predicted molar refractivity (Wildman–Crippen MR) is 60.6 cm³/mol. The standard InChI is InChI=1S/C9H9N3O6/c1-4-5(2)8(11(15)16)9(12(17)18)6(3)7(4)10(13)14/h1-3H3. The van der Waals surface area contributed by atoms with Gasteiger partial charge >= 0.3 is 11.4 Å². The Labute approximate surface area is 100 Å². The minimum absolute atomic E-state index is 0.0646. The molecule has 0 bridgehead atoms. The number of rotatable bonds is 3. The molecule has 1 rings (SSSR count). The van der Waals surface area contributed by atoms with Gasteiger partial charge in [0.1, 0.15) is 5.56 Å². The Kier molecular flexibility index (Phi) is 3.26. The third kappa shape index (κ3) is 1.85. The quantitative estimate of drug-likeness (QED) is 0.601. The molecule has 18 heavy (non-hydrogen) atoms. The van der Waals surface area contributed by atoms with Gasteiger partial charge in [0.2, 0.25) is 0 Å². The van der Waals surface area contributed by atoms with Crippen LogP contribution in [0.5, 0.6) is 0 Å². The molecular weight excluding hydrogens is 246 g/mol. The van der Waals surface area contributed by atoms with Crippen molar-refractivity contribution >= 4 is 17.1 Å². The lowest BCUT2D eigenvalue weighted by molar-refractivity contribution is -0.425. The van der Waals surface area contributed by atoms with Crippen LogP contribution in [0, 0.1) is 51.1 Å². The van der Waals surface area contributed by atoms with Crippen LogP contribution >= 0.6 is 0 Å². The van der Waals surface area contributed by atoms with Crippen LogP contribution in [0.15, 0.2) is 0 Å². The summed E-state index contributed by atoms with van der Waals surface area (Å²) in [5.74, 6) is 0. The fourth-order valence-electron chi connectivity index (χ4n) is 1.82. The van der Waals surface area contributed by atoms with Crippen molar-refractivity contribution in [1.29, 1.82) is 0 Å². The van der Waals surface area contributed by atoms with Gasteiger partial charge in [0.15, 0.2) is 0 Å². The summed E-state index contributed by atoms with van der Waals surface area (Å²) in [6, 6.07) is 0. The number of nitrogens with zero attached hydrogens (tertiary/aromatic N) is 3. The van der Waals surface area contributed by atoms with Gasteiger partial charge in [0.05, 0.1) is 14.8 Å². The van der Waals surface area contributed by atoms with Gasteiger partial charge in [-0.25, -0.2) is 0 Å². The molecule has 0 atom stereocenters. The summed E-state index contributed by atoms with van der Waals surface area (Å²) in [7, 11) is 0. The molecular formula is C9H9N3O6. The van der Waals surface area contributed by atoms with E-state index in [0.29, 0.717) is 0 Å². The zero-order valence-corrected chi connectivity index (χ0v) is 9.79. The average molecular weight is 255 g/mol. The third-order valence-corrected chi connectivity index (χ3v) is 2.76. The Hall–Kier alpha value is -2.58. The second-order valence-electron chi connectivity index (χ2n) is 3.69. The van der Waals surface area contributed by atoms with Crippen LogP contribution in [0.25, 0.3) is 0 Å². The van der Waals surface area contributed by atoms with Crippen LogP contribution in [-0.2, 0) is 0 Å². The number of benzene rings is 1. The van der Waals surface area contributed by atoms with E-state index < -0.39 is 31.8 Å². The van der Waals surface area contributed by atoms with Crippen molar-refractivity contribution in [2.45, 2.75) is 20.8 Å². The molecule has 0 amide bonds. The molecule has 0 heterocycles. The first kappa shape index (κ1) is 13.5. The summed E-state index contributed by atoms with van der Waals surface area (Å²) in [5, 5.41) is 32.6. The molecule has 0 aliphatic heterocycles. The minimum Gasteiger partial charge on any atom is -0.258 e. The van der Waals surface area contributed by atoms with Gasteiger partial charge < -0.3 is 0 Å². The summed E-state index contributed by atoms with van der Waals surface area (Å²) in [4.78, 5) is 30.0. The molecule has 0 radical (unpaired) electrons. The fourth-order valence-corrected chi connectivity index (χ4v) is 1.82. The van der Waals surface area contributed by atoms with Crippen molar-refractivity contribution < 1.29 is 14.8 Å². The number of nitro benzene ring substituents is 3. The molecule has 0 saturated heterocycles. The molecule has 1 aromatic rings. The van der Waals surface area contributed by atoms with Gasteiger partial charge in [0.25, 0.3) is 5.69 Å². The molecule has 0 aliphatic rings. The minimum atomic E-state index is -0.965. The average Bonchev–Trinajstić information content (AvgIpc) is 2.21. The van der Waals surface area contributed by atoms with Crippen LogP contribution in [0.2, 0.25) is 0 Å². The number of hydrogen-bond acceptors (Lipinski definition) is 6. The summed E-state index contributed by atoms with van der Waals surface area (Å²) in [5.41, 5.74) is -2.28. The van der Waals surface area contributed by atoms with E-state index in [9.17, 15) is 30.3 Å². The molecule has 0 aliphatic carbocycles. The summed E-state index contributed by atoms with van der Waals surface area (Å²) < 4.78 is 0. The molecule has 0 saturated carbocycles. The Morgan fingerprint density at radius 1 is 0.611 bits per heavy atom. The molecule has 9 heteroatoms. The molecule has 1 aromatic carbocycles. The lowest BCUT2D eigenvalue weighted by Gasteiger charge is -2.06. The SMILES string of the molecule is Cc1c(C)c([N+](=O)[O-])c([N+](=O)[O-])c(C)c1[N+](=O)[O-]. The van der Waals surface area contributed by atoms with Gasteiger partial charge in [-0.05, 0) is 20.8 Å². The van der Waals surface area contributed by atoms with E-state index in [2.05, 4.69) is 0 Å². The summed E-state index contributed by atoms with van der Waals surface area (Å²) >= 11 is 0. The highest BCUT2D eigenvalue weighted by Gasteiger charge is 2.37. The molecule has 0 unspecified atom stereocenters. The van der Waals surface area contributed by atoms with E-state index in [1.54, 1.807) is 0 Å². The lowest BCUT2D eigenvalue weighted by Crippen LogP contribution is -2.06. The largest absolute Gasteiger partial charge is 0.356 e. The van der Waals surface area contributed by atoms with Crippen LogP contribution in [0.4, 0.5) is 17.1 Å². The predicted octanol–water partition coefficient (Wildman–Crippen LogP) is 2.34.